The van der Waals surface area contributed by atoms with E-state index in [0.29, 0.717) is 6.42 Å². The van der Waals surface area contributed by atoms with E-state index in [9.17, 15) is 8.78 Å². The molecule has 2 atom stereocenters. The van der Waals surface area contributed by atoms with Gasteiger partial charge in [0.1, 0.15) is 11.9 Å². The lowest BCUT2D eigenvalue weighted by molar-refractivity contribution is -0.0723. The average molecular weight is 321 g/mol. The summed E-state index contributed by atoms with van der Waals surface area (Å²) in [6, 6.07) is 1.36. The molecule has 4 bridgehead atoms. The lowest BCUT2D eigenvalue weighted by Gasteiger charge is -2.60. The first-order valence-electron chi connectivity index (χ1n) is 9.13. The number of halogens is 2. The van der Waals surface area contributed by atoms with E-state index in [1.807, 2.05) is 13.0 Å². The minimum atomic E-state index is -2.34. The molecule has 1 aromatic heterocycles. The fraction of sp³-hybridized carbons (Fsp3) is 0.833. The van der Waals surface area contributed by atoms with Crippen LogP contribution in [0.5, 0.6) is 0 Å². The van der Waals surface area contributed by atoms with Crippen molar-refractivity contribution in [3.63, 3.8) is 0 Å². The maximum atomic E-state index is 13.7. The van der Waals surface area contributed by atoms with Gasteiger partial charge in [-0.1, -0.05) is 0 Å². The van der Waals surface area contributed by atoms with Crippen molar-refractivity contribution in [3.8, 4) is 0 Å². The van der Waals surface area contributed by atoms with Crippen molar-refractivity contribution in [2.24, 2.45) is 23.2 Å². The maximum Gasteiger partial charge on any atom is 0.260 e. The van der Waals surface area contributed by atoms with Crippen LogP contribution in [0.15, 0.2) is 6.07 Å². The number of aromatic nitrogens is 2. The van der Waals surface area contributed by atoms with Crippen LogP contribution in [0.3, 0.4) is 0 Å². The third-order valence-electron chi connectivity index (χ3n) is 7.09. The van der Waals surface area contributed by atoms with E-state index in [1.165, 1.54) is 43.2 Å². The Kier molecular flexibility index (Phi) is 2.91. The summed E-state index contributed by atoms with van der Waals surface area (Å²) in [5, 5.41) is 7.94. The molecule has 6 rings (SSSR count). The Balaban J connectivity index is 1.50. The summed E-state index contributed by atoms with van der Waals surface area (Å²) in [5.74, 6) is 3.35. The molecule has 1 aromatic rings. The number of hydrogen-bond acceptors (Lipinski definition) is 2. The number of alkyl halides is 2. The molecule has 4 aliphatic carbocycles. The molecule has 1 N–H and O–H groups in total. The highest BCUT2D eigenvalue weighted by Crippen LogP contribution is 2.62. The SMILES string of the molecule is Cc1cc2n(n1)[C@@H](C(F)F)C[C@H](C13CC4CC(CC(C4)C1)C3)N2. The zero-order valence-electron chi connectivity index (χ0n) is 13.6. The van der Waals surface area contributed by atoms with Crippen molar-refractivity contribution >= 4 is 5.82 Å². The van der Waals surface area contributed by atoms with Crippen LogP contribution in [0, 0.1) is 30.1 Å². The number of aryl methyl sites for hydroxylation is 1. The van der Waals surface area contributed by atoms with Crippen LogP contribution in [-0.4, -0.2) is 22.2 Å². The van der Waals surface area contributed by atoms with Gasteiger partial charge in [0, 0.05) is 12.1 Å². The van der Waals surface area contributed by atoms with Crippen LogP contribution < -0.4 is 5.32 Å². The van der Waals surface area contributed by atoms with E-state index >= 15 is 0 Å². The number of fused-ring (bicyclic) bond motifs is 1. The van der Waals surface area contributed by atoms with Gasteiger partial charge in [0.05, 0.1) is 5.69 Å². The fourth-order valence-electron chi connectivity index (χ4n) is 6.67. The molecule has 4 fully saturated rings. The predicted molar refractivity (Wildman–Crippen MR) is 84.6 cm³/mol. The Morgan fingerprint density at radius 1 is 1.13 bits per heavy atom. The van der Waals surface area contributed by atoms with Crippen LogP contribution in [0.25, 0.3) is 0 Å². The Hall–Kier alpha value is -1.13. The molecule has 126 valence electrons. The average Bonchev–Trinajstić information content (AvgIpc) is 2.84. The lowest BCUT2D eigenvalue weighted by Crippen LogP contribution is -2.56. The van der Waals surface area contributed by atoms with Crippen LogP contribution in [0.1, 0.15) is 56.7 Å². The van der Waals surface area contributed by atoms with E-state index in [2.05, 4.69) is 10.4 Å². The van der Waals surface area contributed by atoms with E-state index in [0.717, 1.165) is 29.3 Å². The summed E-state index contributed by atoms with van der Waals surface area (Å²) in [4.78, 5) is 0. The highest BCUT2D eigenvalue weighted by molar-refractivity contribution is 5.42. The number of rotatable bonds is 2. The Morgan fingerprint density at radius 2 is 1.74 bits per heavy atom. The van der Waals surface area contributed by atoms with Gasteiger partial charge < -0.3 is 5.32 Å². The van der Waals surface area contributed by atoms with E-state index in [1.54, 1.807) is 0 Å². The fourth-order valence-corrected chi connectivity index (χ4v) is 6.67. The summed E-state index contributed by atoms with van der Waals surface area (Å²) in [5.41, 5.74) is 1.08. The van der Waals surface area contributed by atoms with Crippen molar-refractivity contribution in [1.29, 1.82) is 0 Å². The molecule has 3 nitrogen and oxygen atoms in total. The standard InChI is InChI=1S/C18H25F2N3/c1-10-2-16-21-15(6-14(17(19)20)23(16)22-10)18-7-11-3-12(8-18)5-13(4-11)9-18/h2,11-15,17,21H,3-9H2,1H3/t11?,12?,13?,14-,15-,18?/m1/s1. The third-order valence-corrected chi connectivity index (χ3v) is 7.09. The first-order valence-corrected chi connectivity index (χ1v) is 9.13. The zero-order valence-corrected chi connectivity index (χ0v) is 13.6. The second-order valence-corrected chi connectivity index (χ2v) is 8.73. The molecule has 5 heteroatoms. The smallest absolute Gasteiger partial charge is 0.260 e. The molecular formula is C18H25F2N3. The summed E-state index contributed by atoms with van der Waals surface area (Å²) in [6.07, 6.45) is 6.10. The van der Waals surface area contributed by atoms with Crippen molar-refractivity contribution in [1.82, 2.24) is 9.78 Å². The summed E-state index contributed by atoms with van der Waals surface area (Å²) >= 11 is 0. The number of hydrogen-bond donors (Lipinski definition) is 1. The Bertz CT molecular complexity index is 588. The molecule has 23 heavy (non-hydrogen) atoms. The summed E-state index contributed by atoms with van der Waals surface area (Å²) < 4.78 is 28.9. The van der Waals surface area contributed by atoms with E-state index in [4.69, 9.17) is 0 Å². The number of nitrogens with zero attached hydrogens (tertiary/aromatic N) is 2. The Morgan fingerprint density at radius 3 is 2.30 bits per heavy atom. The molecule has 5 aliphatic rings. The van der Waals surface area contributed by atoms with Gasteiger partial charge >= 0.3 is 0 Å². The first-order chi connectivity index (χ1) is 11.0. The molecule has 0 amide bonds. The largest absolute Gasteiger partial charge is 0.367 e. The van der Waals surface area contributed by atoms with Crippen molar-refractivity contribution in [3.05, 3.63) is 11.8 Å². The van der Waals surface area contributed by atoms with E-state index < -0.39 is 12.5 Å². The molecule has 0 saturated heterocycles. The quantitative estimate of drug-likeness (QED) is 0.875. The second kappa shape index (κ2) is 4.70. The Labute approximate surface area is 135 Å². The molecular weight excluding hydrogens is 296 g/mol. The van der Waals surface area contributed by atoms with E-state index in [-0.39, 0.29) is 11.5 Å². The van der Waals surface area contributed by atoms with Crippen molar-refractivity contribution in [2.75, 3.05) is 5.32 Å². The normalized spacial score (nSPS) is 44.4. The molecule has 4 saturated carbocycles. The van der Waals surface area contributed by atoms with Gasteiger partial charge in [-0.25, -0.2) is 13.5 Å². The minimum Gasteiger partial charge on any atom is -0.367 e. The monoisotopic (exact) mass is 321 g/mol. The van der Waals surface area contributed by atoms with Gasteiger partial charge in [0.2, 0.25) is 0 Å². The van der Waals surface area contributed by atoms with Gasteiger partial charge in [-0.05, 0) is 75.0 Å². The van der Waals surface area contributed by atoms with Crippen molar-refractivity contribution in [2.45, 2.75) is 70.4 Å². The lowest BCUT2D eigenvalue weighted by atomic mass is 9.47. The molecule has 0 unspecified atom stereocenters. The first kappa shape index (κ1) is 14.2. The molecule has 0 aromatic carbocycles. The van der Waals surface area contributed by atoms with Crippen LogP contribution in [0.2, 0.25) is 0 Å². The van der Waals surface area contributed by atoms with Crippen LogP contribution in [-0.2, 0) is 0 Å². The highest BCUT2D eigenvalue weighted by Gasteiger charge is 2.55. The topological polar surface area (TPSA) is 29.9 Å². The van der Waals surface area contributed by atoms with Gasteiger partial charge in [-0.3, -0.25) is 0 Å². The molecule has 1 aliphatic heterocycles. The number of nitrogens with one attached hydrogen (secondary N) is 1. The summed E-state index contributed by atoms with van der Waals surface area (Å²) in [7, 11) is 0. The molecule has 0 radical (unpaired) electrons. The maximum absolute atomic E-state index is 13.7. The highest BCUT2D eigenvalue weighted by atomic mass is 19.3. The third kappa shape index (κ3) is 2.07. The van der Waals surface area contributed by atoms with Gasteiger partial charge in [-0.2, -0.15) is 5.10 Å². The van der Waals surface area contributed by atoms with Gasteiger partial charge in [-0.15, -0.1) is 0 Å². The second-order valence-electron chi connectivity index (χ2n) is 8.73. The zero-order chi connectivity index (χ0) is 15.8. The van der Waals surface area contributed by atoms with Gasteiger partial charge in [0.25, 0.3) is 6.43 Å². The van der Waals surface area contributed by atoms with Crippen molar-refractivity contribution < 1.29 is 8.78 Å². The van der Waals surface area contributed by atoms with Crippen LogP contribution in [0.4, 0.5) is 14.6 Å². The van der Waals surface area contributed by atoms with Gasteiger partial charge in [0.15, 0.2) is 0 Å². The predicted octanol–water partition coefficient (Wildman–Crippen LogP) is 4.40. The summed E-state index contributed by atoms with van der Waals surface area (Å²) in [6.45, 7) is 1.88. The number of anilines is 1. The molecule has 2 heterocycles. The minimum absolute atomic E-state index is 0.193. The van der Waals surface area contributed by atoms with Crippen LogP contribution >= 0.6 is 0 Å². The molecule has 0 spiro atoms.